The van der Waals surface area contributed by atoms with E-state index in [1.54, 1.807) is 13.8 Å². The number of aryl methyl sites for hydroxylation is 1. The number of nitrogens with zero attached hydrogens (tertiary/aromatic N) is 1. The molecule has 3 N–H and O–H groups in total. The van der Waals surface area contributed by atoms with Gasteiger partial charge in [-0.2, -0.15) is 0 Å². The molecule has 4 rings (SSSR count). The average molecular weight is 527 g/mol. The van der Waals surface area contributed by atoms with Crippen LogP contribution in [0.15, 0.2) is 52.7 Å². The van der Waals surface area contributed by atoms with E-state index >= 15 is 4.39 Å². The SMILES string of the molecule is CCCS(=O)(=O)Nc1ccc(F)c(C(=O)C2=C(CC(C=N)c3ccc4[nH]cc(C)c4c3)C(C)N=C2)c1F. The lowest BCUT2D eigenvalue weighted by molar-refractivity contribution is 0.103. The Kier molecular flexibility index (Phi) is 7.40. The number of carbonyl (C=O) groups is 1. The van der Waals surface area contributed by atoms with E-state index in [0.29, 0.717) is 12.0 Å². The van der Waals surface area contributed by atoms with Gasteiger partial charge in [0.25, 0.3) is 0 Å². The van der Waals surface area contributed by atoms with Crippen molar-refractivity contribution in [1.82, 2.24) is 4.98 Å². The fourth-order valence-electron chi connectivity index (χ4n) is 4.55. The van der Waals surface area contributed by atoms with E-state index in [-0.39, 0.29) is 23.7 Å². The van der Waals surface area contributed by atoms with E-state index in [1.165, 1.54) is 12.4 Å². The van der Waals surface area contributed by atoms with Crippen LogP contribution in [0.4, 0.5) is 14.5 Å². The predicted octanol–water partition coefficient (Wildman–Crippen LogP) is 5.68. The van der Waals surface area contributed by atoms with Crippen LogP contribution in [-0.4, -0.2) is 43.4 Å². The number of hydrogen-bond donors (Lipinski definition) is 3. The van der Waals surface area contributed by atoms with Crippen LogP contribution < -0.4 is 4.72 Å². The third-order valence-corrected chi connectivity index (χ3v) is 8.04. The monoisotopic (exact) mass is 526 g/mol. The van der Waals surface area contributed by atoms with Gasteiger partial charge < -0.3 is 10.4 Å². The van der Waals surface area contributed by atoms with Crippen LogP contribution in [-0.2, 0) is 10.0 Å². The van der Waals surface area contributed by atoms with Gasteiger partial charge in [0.2, 0.25) is 15.8 Å². The molecule has 1 aromatic heterocycles. The molecule has 10 heteroatoms. The average Bonchev–Trinajstić information content (AvgIpc) is 3.41. The third-order valence-electron chi connectivity index (χ3n) is 6.56. The summed E-state index contributed by atoms with van der Waals surface area (Å²) < 4.78 is 56.4. The maximum Gasteiger partial charge on any atom is 0.232 e. The molecule has 0 amide bonds. The number of halogens is 2. The Morgan fingerprint density at radius 2 is 2.03 bits per heavy atom. The summed E-state index contributed by atoms with van der Waals surface area (Å²) in [5, 5.41) is 9.06. The van der Waals surface area contributed by atoms with Gasteiger partial charge in [-0.25, -0.2) is 17.2 Å². The Labute approximate surface area is 214 Å². The van der Waals surface area contributed by atoms with Crippen LogP contribution in [0.3, 0.4) is 0 Å². The minimum absolute atomic E-state index is 0.0459. The number of aromatic amines is 1. The molecule has 0 saturated heterocycles. The molecule has 0 spiro atoms. The second-order valence-corrected chi connectivity index (χ2v) is 11.0. The minimum Gasteiger partial charge on any atom is -0.361 e. The number of ketones is 1. The van der Waals surface area contributed by atoms with Crippen molar-refractivity contribution in [3.05, 3.63) is 76.0 Å². The molecule has 2 unspecified atom stereocenters. The first-order chi connectivity index (χ1) is 17.6. The zero-order chi connectivity index (χ0) is 26.9. The molecule has 2 atom stereocenters. The van der Waals surface area contributed by atoms with E-state index in [1.807, 2.05) is 31.3 Å². The Bertz CT molecular complexity index is 1560. The first-order valence-corrected chi connectivity index (χ1v) is 13.6. The van der Waals surface area contributed by atoms with Gasteiger partial charge in [-0.15, -0.1) is 0 Å². The normalized spacial score (nSPS) is 16.4. The summed E-state index contributed by atoms with van der Waals surface area (Å²) >= 11 is 0. The molecule has 0 bridgehead atoms. The highest BCUT2D eigenvalue weighted by molar-refractivity contribution is 7.92. The van der Waals surface area contributed by atoms with Gasteiger partial charge >= 0.3 is 0 Å². The van der Waals surface area contributed by atoms with Crippen LogP contribution in [0, 0.1) is 24.0 Å². The molecule has 2 heterocycles. The van der Waals surface area contributed by atoms with Gasteiger partial charge in [-0.05, 0) is 67.7 Å². The van der Waals surface area contributed by atoms with E-state index in [9.17, 15) is 17.6 Å². The van der Waals surface area contributed by atoms with Crippen LogP contribution in [0.2, 0.25) is 0 Å². The number of aromatic nitrogens is 1. The summed E-state index contributed by atoms with van der Waals surface area (Å²) in [5.74, 6) is -3.93. The standard InChI is InChI=1S/C27H28F2N4O3S/c1-4-9-37(35,36)33-24-8-6-22(28)25(26(24)29)27(34)21-14-31-16(3)20(21)11-18(12-30)17-5-7-23-19(10-17)15(2)13-32-23/h5-8,10,12-14,16,18,30,32-33H,4,9,11H2,1-3H3. The van der Waals surface area contributed by atoms with Crippen molar-refractivity contribution in [1.29, 1.82) is 5.41 Å². The number of allylic oxidation sites excluding steroid dienone is 1. The Morgan fingerprint density at radius 1 is 1.27 bits per heavy atom. The van der Waals surface area contributed by atoms with Crippen molar-refractivity contribution in [2.24, 2.45) is 4.99 Å². The molecule has 2 aromatic carbocycles. The first kappa shape index (κ1) is 26.4. The van der Waals surface area contributed by atoms with E-state index < -0.39 is 44.7 Å². The van der Waals surface area contributed by atoms with Crippen LogP contribution in [0.5, 0.6) is 0 Å². The van der Waals surface area contributed by atoms with Gasteiger partial charge in [0.15, 0.2) is 5.82 Å². The number of H-pyrrole nitrogens is 1. The third kappa shape index (κ3) is 5.24. The van der Waals surface area contributed by atoms with Gasteiger partial charge in [0.1, 0.15) is 5.82 Å². The van der Waals surface area contributed by atoms with E-state index in [0.717, 1.165) is 34.2 Å². The maximum absolute atomic E-state index is 15.3. The summed E-state index contributed by atoms with van der Waals surface area (Å²) in [5.41, 5.74) is 2.17. The van der Waals surface area contributed by atoms with Crippen LogP contribution >= 0.6 is 0 Å². The van der Waals surface area contributed by atoms with Crippen molar-refractivity contribution in [2.45, 2.75) is 45.6 Å². The second kappa shape index (κ2) is 10.4. The number of sulfonamides is 1. The van der Waals surface area contributed by atoms with Crippen molar-refractivity contribution < 1.29 is 22.0 Å². The van der Waals surface area contributed by atoms with Crippen molar-refractivity contribution in [3.63, 3.8) is 0 Å². The Hall–Kier alpha value is -3.66. The number of fused-ring (bicyclic) bond motifs is 1. The molecule has 1 aliphatic rings. The number of carbonyl (C=O) groups excluding carboxylic acids is 1. The summed E-state index contributed by atoms with van der Waals surface area (Å²) in [6, 6.07) is 7.23. The molecule has 0 radical (unpaired) electrons. The molecule has 1 aliphatic heterocycles. The number of hydrogen-bond acceptors (Lipinski definition) is 5. The van der Waals surface area contributed by atoms with E-state index in [4.69, 9.17) is 5.41 Å². The van der Waals surface area contributed by atoms with Crippen molar-refractivity contribution in [2.75, 3.05) is 10.5 Å². The number of nitrogens with one attached hydrogen (secondary N) is 3. The highest BCUT2D eigenvalue weighted by Crippen LogP contribution is 2.34. The fraction of sp³-hybridized carbons (Fsp3) is 0.296. The van der Waals surface area contributed by atoms with Gasteiger partial charge in [0, 0.05) is 41.0 Å². The largest absolute Gasteiger partial charge is 0.361 e. The lowest BCUT2D eigenvalue weighted by Gasteiger charge is -2.18. The Balaban J connectivity index is 1.71. The highest BCUT2D eigenvalue weighted by atomic mass is 32.2. The Morgan fingerprint density at radius 3 is 2.73 bits per heavy atom. The lowest BCUT2D eigenvalue weighted by atomic mass is 9.86. The van der Waals surface area contributed by atoms with Gasteiger partial charge in [0.05, 0.1) is 23.0 Å². The molecule has 3 aromatic rings. The topological polar surface area (TPSA) is 115 Å². The van der Waals surface area contributed by atoms with Crippen molar-refractivity contribution >= 4 is 44.8 Å². The number of anilines is 1. The highest BCUT2D eigenvalue weighted by Gasteiger charge is 2.31. The lowest BCUT2D eigenvalue weighted by Crippen LogP contribution is -2.19. The smallest absolute Gasteiger partial charge is 0.232 e. The number of benzene rings is 2. The predicted molar refractivity (Wildman–Crippen MR) is 143 cm³/mol. The zero-order valence-corrected chi connectivity index (χ0v) is 21.5. The summed E-state index contributed by atoms with van der Waals surface area (Å²) in [6.45, 7) is 5.41. The van der Waals surface area contributed by atoms with Crippen LogP contribution in [0.25, 0.3) is 10.9 Å². The zero-order valence-electron chi connectivity index (χ0n) is 20.7. The van der Waals surface area contributed by atoms with Gasteiger partial charge in [-0.3, -0.25) is 14.5 Å². The molecule has 0 saturated carbocycles. The minimum atomic E-state index is -3.85. The fourth-order valence-corrected chi connectivity index (χ4v) is 5.68. The second-order valence-electron chi connectivity index (χ2n) is 9.18. The molecular formula is C27H28F2N4O3S. The molecular weight excluding hydrogens is 498 g/mol. The summed E-state index contributed by atoms with van der Waals surface area (Å²) in [7, 11) is -3.85. The number of Topliss-reactive ketones (excluding diaryl/α,β-unsaturated/α-hetero) is 1. The summed E-state index contributed by atoms with van der Waals surface area (Å²) in [4.78, 5) is 20.9. The molecule has 0 aliphatic carbocycles. The quantitative estimate of drug-likeness (QED) is 0.233. The molecule has 0 fully saturated rings. The molecule has 7 nitrogen and oxygen atoms in total. The van der Waals surface area contributed by atoms with Gasteiger partial charge in [-0.1, -0.05) is 13.0 Å². The molecule has 37 heavy (non-hydrogen) atoms. The summed E-state index contributed by atoms with van der Waals surface area (Å²) in [6.07, 6.45) is 5.05. The number of aliphatic imine (C=N–C) groups is 1. The number of rotatable bonds is 10. The molecule has 194 valence electrons. The van der Waals surface area contributed by atoms with Crippen LogP contribution in [0.1, 0.15) is 54.1 Å². The van der Waals surface area contributed by atoms with E-state index in [2.05, 4.69) is 14.7 Å². The van der Waals surface area contributed by atoms with Crippen molar-refractivity contribution in [3.8, 4) is 0 Å². The maximum atomic E-state index is 15.3. The first-order valence-electron chi connectivity index (χ1n) is 11.9.